The molecule has 3 rings (SSSR count). The van der Waals surface area contributed by atoms with Gasteiger partial charge < -0.3 is 19.7 Å². The van der Waals surface area contributed by atoms with Crippen LogP contribution in [0, 0.1) is 0 Å². The summed E-state index contributed by atoms with van der Waals surface area (Å²) in [5.74, 6) is -1.53. The number of benzene rings is 2. The first kappa shape index (κ1) is 22.2. The number of ether oxygens (including phenoxy) is 2. The Morgan fingerprint density at radius 3 is 2.65 bits per heavy atom. The molecule has 1 aliphatic heterocycles. The number of para-hydroxylation sites is 2. The minimum Gasteiger partial charge on any atom is -0.449 e. The summed E-state index contributed by atoms with van der Waals surface area (Å²) in [5, 5.41) is 2.42. The van der Waals surface area contributed by atoms with Gasteiger partial charge in [-0.1, -0.05) is 24.3 Å². The number of likely N-dealkylation sites (tertiary alicyclic amines) is 1. The van der Waals surface area contributed by atoms with E-state index in [1.807, 2.05) is 0 Å². The van der Waals surface area contributed by atoms with Crippen LogP contribution in [0.25, 0.3) is 0 Å². The molecule has 1 fully saturated rings. The third-order valence-corrected chi connectivity index (χ3v) is 4.72. The van der Waals surface area contributed by atoms with Crippen molar-refractivity contribution in [2.24, 2.45) is 0 Å². The molecule has 0 spiro atoms. The molecule has 0 bridgehead atoms. The predicted molar refractivity (Wildman–Crippen MR) is 108 cm³/mol. The lowest BCUT2D eigenvalue weighted by Gasteiger charge is -2.17. The SMILES string of the molecule is CC(OC(=O)c1cccc(CN2CCCC2=O)c1)C(=O)Nc1ccccc1OC(F)F. The number of carbonyl (C=O) groups is 3. The molecule has 164 valence electrons. The van der Waals surface area contributed by atoms with Gasteiger partial charge in [-0.2, -0.15) is 8.78 Å². The van der Waals surface area contributed by atoms with Gasteiger partial charge in [-0.25, -0.2) is 4.79 Å². The van der Waals surface area contributed by atoms with Gasteiger partial charge in [0, 0.05) is 19.5 Å². The number of carbonyl (C=O) groups excluding carboxylic acids is 3. The Bertz CT molecular complexity index is 966. The number of hydrogen-bond acceptors (Lipinski definition) is 5. The van der Waals surface area contributed by atoms with Gasteiger partial charge >= 0.3 is 12.6 Å². The van der Waals surface area contributed by atoms with E-state index in [4.69, 9.17) is 4.74 Å². The van der Waals surface area contributed by atoms with Crippen LogP contribution in [0.1, 0.15) is 35.7 Å². The second-order valence-corrected chi connectivity index (χ2v) is 7.03. The molecule has 9 heteroatoms. The van der Waals surface area contributed by atoms with Crippen molar-refractivity contribution in [3.63, 3.8) is 0 Å². The molecule has 0 aromatic heterocycles. The number of anilines is 1. The molecule has 2 aromatic rings. The summed E-state index contributed by atoms with van der Waals surface area (Å²) in [5.41, 5.74) is 1.05. The molecule has 2 amide bonds. The topological polar surface area (TPSA) is 84.9 Å². The lowest BCUT2D eigenvalue weighted by Crippen LogP contribution is -2.30. The molecule has 0 saturated carbocycles. The Balaban J connectivity index is 1.61. The van der Waals surface area contributed by atoms with Gasteiger partial charge in [-0.05, 0) is 43.2 Å². The van der Waals surface area contributed by atoms with Crippen molar-refractivity contribution in [3.05, 3.63) is 59.7 Å². The fraction of sp³-hybridized carbons (Fsp3) is 0.318. The lowest BCUT2D eigenvalue weighted by molar-refractivity contribution is -0.128. The van der Waals surface area contributed by atoms with Gasteiger partial charge in [0.2, 0.25) is 5.91 Å². The summed E-state index contributed by atoms with van der Waals surface area (Å²) in [6.07, 6.45) is 0.161. The van der Waals surface area contributed by atoms with E-state index in [0.29, 0.717) is 19.5 Å². The largest absolute Gasteiger partial charge is 0.449 e. The first-order valence-electron chi connectivity index (χ1n) is 9.76. The van der Waals surface area contributed by atoms with Crippen molar-refractivity contribution in [1.82, 2.24) is 4.90 Å². The molecule has 1 atom stereocenters. The van der Waals surface area contributed by atoms with E-state index in [9.17, 15) is 23.2 Å². The van der Waals surface area contributed by atoms with Gasteiger partial charge in [0.25, 0.3) is 5.91 Å². The monoisotopic (exact) mass is 432 g/mol. The van der Waals surface area contributed by atoms with Crippen LogP contribution in [-0.2, 0) is 20.9 Å². The van der Waals surface area contributed by atoms with Crippen LogP contribution in [0.5, 0.6) is 5.75 Å². The molecule has 0 aliphatic carbocycles. The highest BCUT2D eigenvalue weighted by Crippen LogP contribution is 2.25. The van der Waals surface area contributed by atoms with E-state index >= 15 is 0 Å². The van der Waals surface area contributed by atoms with E-state index in [1.54, 1.807) is 35.2 Å². The normalized spacial score (nSPS) is 14.5. The second-order valence-electron chi connectivity index (χ2n) is 7.03. The van der Waals surface area contributed by atoms with Crippen LogP contribution in [0.3, 0.4) is 0 Å². The smallest absolute Gasteiger partial charge is 0.387 e. The van der Waals surface area contributed by atoms with Crippen molar-refractivity contribution in [2.45, 2.75) is 39.0 Å². The maximum Gasteiger partial charge on any atom is 0.387 e. The molecule has 1 unspecified atom stereocenters. The van der Waals surface area contributed by atoms with Gasteiger partial charge in [-0.3, -0.25) is 9.59 Å². The molecule has 0 radical (unpaired) electrons. The van der Waals surface area contributed by atoms with E-state index in [1.165, 1.54) is 25.1 Å². The molecule has 31 heavy (non-hydrogen) atoms. The van der Waals surface area contributed by atoms with Crippen LogP contribution < -0.4 is 10.1 Å². The predicted octanol–water partition coefficient (Wildman–Crippen LogP) is 3.59. The highest BCUT2D eigenvalue weighted by Gasteiger charge is 2.23. The number of nitrogens with one attached hydrogen (secondary N) is 1. The average molecular weight is 432 g/mol. The number of nitrogens with zero attached hydrogens (tertiary/aromatic N) is 1. The molecule has 1 N–H and O–H groups in total. The Kier molecular flexibility index (Phi) is 7.17. The fourth-order valence-electron chi connectivity index (χ4n) is 3.17. The molecular formula is C22H22F2N2O5. The third-order valence-electron chi connectivity index (χ3n) is 4.72. The van der Waals surface area contributed by atoms with Gasteiger partial charge in [0.1, 0.15) is 5.75 Å². The van der Waals surface area contributed by atoms with E-state index in [-0.39, 0.29) is 22.9 Å². The highest BCUT2D eigenvalue weighted by molar-refractivity contribution is 5.98. The van der Waals surface area contributed by atoms with Crippen molar-refractivity contribution in [2.75, 3.05) is 11.9 Å². The zero-order valence-electron chi connectivity index (χ0n) is 16.8. The van der Waals surface area contributed by atoms with E-state index in [0.717, 1.165) is 12.0 Å². The molecule has 1 saturated heterocycles. The lowest BCUT2D eigenvalue weighted by atomic mass is 10.1. The van der Waals surface area contributed by atoms with Crippen molar-refractivity contribution in [1.29, 1.82) is 0 Å². The maximum atomic E-state index is 12.5. The molecular weight excluding hydrogens is 410 g/mol. The zero-order valence-corrected chi connectivity index (χ0v) is 16.8. The number of alkyl halides is 2. The number of halogens is 2. The van der Waals surface area contributed by atoms with Gasteiger partial charge in [-0.15, -0.1) is 0 Å². The van der Waals surface area contributed by atoms with Crippen molar-refractivity contribution < 1.29 is 32.6 Å². The molecule has 1 heterocycles. The standard InChI is InChI=1S/C22H22F2N2O5/c1-14(20(28)25-17-8-2-3-9-18(17)31-22(23)24)30-21(29)16-7-4-6-15(12-16)13-26-11-5-10-19(26)27/h2-4,6-9,12,14,22H,5,10-11,13H2,1H3,(H,25,28). The van der Waals surface area contributed by atoms with E-state index < -0.39 is 24.6 Å². The zero-order chi connectivity index (χ0) is 22.4. The Morgan fingerprint density at radius 2 is 1.94 bits per heavy atom. The van der Waals surface area contributed by atoms with Gasteiger partial charge in [0.15, 0.2) is 6.10 Å². The summed E-state index contributed by atoms with van der Waals surface area (Å²) in [7, 11) is 0. The minimum absolute atomic E-state index is 0.0352. The van der Waals surface area contributed by atoms with Crippen molar-refractivity contribution >= 4 is 23.5 Å². The first-order chi connectivity index (χ1) is 14.8. The second kappa shape index (κ2) is 10.0. The van der Waals surface area contributed by atoms with Crippen LogP contribution in [0.15, 0.2) is 48.5 Å². The van der Waals surface area contributed by atoms with Crippen LogP contribution >= 0.6 is 0 Å². The quantitative estimate of drug-likeness (QED) is 0.645. The maximum absolute atomic E-state index is 12.5. The van der Waals surface area contributed by atoms with Crippen molar-refractivity contribution in [3.8, 4) is 5.75 Å². The Hall–Kier alpha value is -3.49. The highest BCUT2D eigenvalue weighted by atomic mass is 19.3. The third kappa shape index (κ3) is 6.00. The number of hydrogen-bond donors (Lipinski definition) is 1. The molecule has 7 nitrogen and oxygen atoms in total. The fourth-order valence-corrected chi connectivity index (χ4v) is 3.17. The van der Waals surface area contributed by atoms with Crippen LogP contribution in [-0.4, -0.2) is 41.9 Å². The summed E-state index contributed by atoms with van der Waals surface area (Å²) in [6.45, 7) is -0.592. The summed E-state index contributed by atoms with van der Waals surface area (Å²) in [4.78, 5) is 38.4. The number of amides is 2. The minimum atomic E-state index is -3.04. The number of rotatable bonds is 8. The summed E-state index contributed by atoms with van der Waals surface area (Å²) in [6, 6.07) is 12.4. The summed E-state index contributed by atoms with van der Waals surface area (Å²) >= 11 is 0. The molecule has 2 aromatic carbocycles. The van der Waals surface area contributed by atoms with Crippen LogP contribution in [0.4, 0.5) is 14.5 Å². The average Bonchev–Trinajstić information content (AvgIpc) is 3.13. The summed E-state index contributed by atoms with van der Waals surface area (Å²) < 4.78 is 34.6. The van der Waals surface area contributed by atoms with Crippen LogP contribution in [0.2, 0.25) is 0 Å². The number of esters is 1. The van der Waals surface area contributed by atoms with Gasteiger partial charge in [0.05, 0.1) is 11.3 Å². The molecule has 1 aliphatic rings. The Morgan fingerprint density at radius 1 is 1.16 bits per heavy atom. The van der Waals surface area contributed by atoms with E-state index in [2.05, 4.69) is 10.1 Å². The Labute approximate surface area is 177 Å². The first-order valence-corrected chi connectivity index (χ1v) is 9.76.